The molecule has 1 aliphatic carbocycles. The first-order valence-electron chi connectivity index (χ1n) is 17.9. The van der Waals surface area contributed by atoms with Crippen molar-refractivity contribution < 1.29 is 27.3 Å². The van der Waals surface area contributed by atoms with Gasteiger partial charge < -0.3 is 25.8 Å². The summed E-state index contributed by atoms with van der Waals surface area (Å²) in [7, 11) is -2.36. The molecule has 0 unspecified atom stereocenters. The molecule has 4 atom stereocenters. The van der Waals surface area contributed by atoms with Crippen LogP contribution in [0.1, 0.15) is 102 Å². The Morgan fingerprint density at radius 2 is 1.47 bits per heavy atom. The Kier molecular flexibility index (Phi) is 12.7. The summed E-state index contributed by atoms with van der Waals surface area (Å²) < 4.78 is 31.6. The fourth-order valence-corrected chi connectivity index (χ4v) is 6.27. The van der Waals surface area contributed by atoms with E-state index in [1.54, 1.807) is 6.92 Å². The van der Waals surface area contributed by atoms with Crippen LogP contribution in [0.15, 0.2) is 83.4 Å². The zero-order valence-corrected chi connectivity index (χ0v) is 31.8. The van der Waals surface area contributed by atoms with Crippen molar-refractivity contribution in [2.24, 2.45) is 5.92 Å². The van der Waals surface area contributed by atoms with Gasteiger partial charge in [-0.3, -0.25) is 18.7 Å². The Balaban J connectivity index is 1.33. The predicted molar refractivity (Wildman–Crippen MR) is 203 cm³/mol. The van der Waals surface area contributed by atoms with Gasteiger partial charge in [0.25, 0.3) is 11.8 Å². The van der Waals surface area contributed by atoms with E-state index in [-0.39, 0.29) is 41.2 Å². The molecule has 0 spiro atoms. The number of amides is 3. The molecule has 1 aromatic heterocycles. The van der Waals surface area contributed by atoms with Gasteiger partial charge in [0.15, 0.2) is 5.82 Å². The van der Waals surface area contributed by atoms with E-state index in [1.807, 2.05) is 81.4 Å². The number of hydrogen-bond donors (Lipinski definition) is 4. The van der Waals surface area contributed by atoms with Gasteiger partial charge in [-0.05, 0) is 68.4 Å². The van der Waals surface area contributed by atoms with Gasteiger partial charge in [-0.15, -0.1) is 0 Å². The molecule has 53 heavy (non-hydrogen) atoms. The fourth-order valence-electron chi connectivity index (χ4n) is 5.78. The zero-order valence-electron chi connectivity index (χ0n) is 31.0. The maximum atomic E-state index is 14.0. The molecule has 5 rings (SSSR count). The highest BCUT2D eigenvalue weighted by atomic mass is 32.2. The summed E-state index contributed by atoms with van der Waals surface area (Å²) in [6, 6.07) is 21.4. The number of aromatic nitrogens is 2. The van der Waals surface area contributed by atoms with Crippen LogP contribution in [-0.2, 0) is 21.2 Å². The maximum Gasteiger partial charge on any atom is 0.251 e. The molecule has 0 radical (unpaired) electrons. The minimum atomic E-state index is -3.72. The Hall–Kier alpha value is -5.08. The fraction of sp³-hybridized carbons (Fsp3) is 0.410. The monoisotopic (exact) mass is 743 g/mol. The van der Waals surface area contributed by atoms with Crippen LogP contribution in [0.4, 0.5) is 5.69 Å². The Bertz CT molecular complexity index is 1980. The molecular weight excluding hydrogens is 695 g/mol. The number of nitrogens with one attached hydrogen (secondary N) is 4. The summed E-state index contributed by atoms with van der Waals surface area (Å²) in [5.41, 5.74) is 2.23. The third-order valence-corrected chi connectivity index (χ3v) is 10.5. The smallest absolute Gasteiger partial charge is 0.251 e. The molecule has 14 heteroatoms. The lowest BCUT2D eigenvalue weighted by molar-refractivity contribution is -0.124. The van der Waals surface area contributed by atoms with Gasteiger partial charge >= 0.3 is 0 Å². The molecule has 4 N–H and O–H groups in total. The van der Waals surface area contributed by atoms with E-state index >= 15 is 0 Å². The van der Waals surface area contributed by atoms with Crippen LogP contribution in [-0.4, -0.2) is 68.2 Å². The van der Waals surface area contributed by atoms with Crippen LogP contribution < -0.4 is 25.6 Å². The molecule has 0 saturated heterocycles. The lowest BCUT2D eigenvalue weighted by atomic mass is 10.0. The van der Waals surface area contributed by atoms with E-state index < -0.39 is 40.0 Å². The molecule has 282 valence electrons. The van der Waals surface area contributed by atoms with Crippen LogP contribution >= 0.6 is 0 Å². The summed E-state index contributed by atoms with van der Waals surface area (Å²) in [4.78, 5) is 45.4. The normalized spacial score (nSPS) is 15.2. The highest BCUT2D eigenvalue weighted by Gasteiger charge is 2.32. The van der Waals surface area contributed by atoms with Crippen LogP contribution in [0.5, 0.6) is 0 Å². The largest absolute Gasteiger partial charge is 0.348 e. The molecule has 3 amide bonds. The summed E-state index contributed by atoms with van der Waals surface area (Å²) >= 11 is 0. The Labute approximate surface area is 311 Å². The van der Waals surface area contributed by atoms with Gasteiger partial charge in [0.1, 0.15) is 6.04 Å². The van der Waals surface area contributed by atoms with Crippen molar-refractivity contribution in [3.05, 3.63) is 113 Å². The lowest BCUT2D eigenvalue weighted by Gasteiger charge is -2.25. The van der Waals surface area contributed by atoms with Gasteiger partial charge in [-0.25, -0.2) is 8.42 Å². The van der Waals surface area contributed by atoms with Gasteiger partial charge in [0.2, 0.25) is 21.8 Å². The van der Waals surface area contributed by atoms with Crippen molar-refractivity contribution >= 4 is 33.4 Å². The van der Waals surface area contributed by atoms with Crippen LogP contribution in [0, 0.1) is 5.92 Å². The molecule has 3 aromatic carbocycles. The number of rotatable bonds is 17. The number of hydrogen-bond acceptors (Lipinski definition) is 9. The quantitative estimate of drug-likeness (QED) is 0.120. The second kappa shape index (κ2) is 17.2. The molecule has 0 bridgehead atoms. The van der Waals surface area contributed by atoms with E-state index in [0.717, 1.165) is 34.5 Å². The van der Waals surface area contributed by atoms with Crippen LogP contribution in [0.25, 0.3) is 0 Å². The van der Waals surface area contributed by atoms with Gasteiger partial charge in [0.05, 0.1) is 24.0 Å². The number of sulfonamides is 1. The number of benzene rings is 3. The first-order chi connectivity index (χ1) is 25.2. The van der Waals surface area contributed by atoms with Gasteiger partial charge in [-0.1, -0.05) is 79.7 Å². The molecule has 1 heterocycles. The van der Waals surface area contributed by atoms with Crippen molar-refractivity contribution in [3.63, 3.8) is 0 Å². The van der Waals surface area contributed by atoms with Crippen LogP contribution in [0.2, 0.25) is 0 Å². The Morgan fingerprint density at radius 1 is 0.868 bits per heavy atom. The van der Waals surface area contributed by atoms with Crippen LogP contribution in [0.3, 0.4) is 0 Å². The van der Waals surface area contributed by atoms with Gasteiger partial charge in [0, 0.05) is 36.7 Å². The Morgan fingerprint density at radius 3 is 2.06 bits per heavy atom. The average molecular weight is 744 g/mol. The second-order valence-corrected chi connectivity index (χ2v) is 16.1. The molecule has 1 fully saturated rings. The van der Waals surface area contributed by atoms with E-state index in [9.17, 15) is 22.8 Å². The minimum Gasteiger partial charge on any atom is -0.348 e. The van der Waals surface area contributed by atoms with Crippen molar-refractivity contribution in [3.8, 4) is 0 Å². The van der Waals surface area contributed by atoms with Crippen molar-refractivity contribution in [1.29, 1.82) is 0 Å². The molecule has 4 aromatic rings. The summed E-state index contributed by atoms with van der Waals surface area (Å²) in [5.74, 6) is 0.124. The van der Waals surface area contributed by atoms with Crippen molar-refractivity contribution in [2.45, 2.75) is 77.0 Å². The predicted octanol–water partition coefficient (Wildman–Crippen LogP) is 4.67. The number of carbonyl (C=O) groups is 3. The average Bonchev–Trinajstić information content (AvgIpc) is 3.88. The lowest BCUT2D eigenvalue weighted by Crippen LogP contribution is -2.50. The minimum absolute atomic E-state index is 0.00482. The van der Waals surface area contributed by atoms with Gasteiger partial charge in [-0.2, -0.15) is 4.98 Å². The third-order valence-electron chi connectivity index (χ3n) is 9.30. The maximum absolute atomic E-state index is 14.0. The van der Waals surface area contributed by atoms with Crippen molar-refractivity contribution in [1.82, 2.24) is 31.4 Å². The number of nitrogens with zero attached hydrogens (tertiary/aromatic N) is 3. The second-order valence-electron chi connectivity index (χ2n) is 14.1. The summed E-state index contributed by atoms with van der Waals surface area (Å²) in [6.45, 7) is 7.74. The summed E-state index contributed by atoms with van der Waals surface area (Å²) in [5, 5.41) is 16.4. The zero-order chi connectivity index (χ0) is 38.3. The standard InChI is InChI=1S/C39H49N7O6S/c1-24(2)34(39-44-35(45-52-39)29-17-18-29)43-36(47)26(4)40-23-32(19-27-13-9-7-10-14-27)42-38(49)31-20-30(21-33(22-31)46(5)53(6,50)51)37(48)41-25(3)28-15-11-8-12-16-28/h7-16,20-22,24-26,29,32,34,40H,17-19,23H2,1-6H3,(H,41,48)(H,42,49)(H,43,47)/t25-,26+,32+,34+/m1/s1. The van der Waals surface area contributed by atoms with E-state index in [2.05, 4.69) is 31.4 Å². The third kappa shape index (κ3) is 10.7. The first kappa shape index (κ1) is 39.1. The topological polar surface area (TPSA) is 176 Å². The SMILES string of the molecule is CC(C)[C@H](NC(=O)[C@H](C)NC[C@H](Cc1ccccc1)NC(=O)c1cc(C(=O)N[C@H](C)c2ccccc2)cc(N(C)S(C)(=O)=O)c1)c1nc(C2CC2)no1. The number of anilines is 1. The molecular formula is C39H49N7O6S. The highest BCUT2D eigenvalue weighted by Crippen LogP contribution is 2.38. The molecule has 13 nitrogen and oxygen atoms in total. The number of carbonyl (C=O) groups excluding carboxylic acids is 3. The molecule has 1 aliphatic rings. The summed E-state index contributed by atoms with van der Waals surface area (Å²) in [6.07, 6.45) is 3.55. The van der Waals surface area contributed by atoms with E-state index in [4.69, 9.17) is 4.52 Å². The van der Waals surface area contributed by atoms with E-state index in [0.29, 0.717) is 24.1 Å². The van der Waals surface area contributed by atoms with E-state index in [1.165, 1.54) is 25.2 Å². The highest BCUT2D eigenvalue weighted by molar-refractivity contribution is 7.92. The molecule has 1 saturated carbocycles. The first-order valence-corrected chi connectivity index (χ1v) is 19.7. The molecule has 0 aliphatic heterocycles. The van der Waals surface area contributed by atoms with Crippen molar-refractivity contribution in [2.75, 3.05) is 24.2 Å².